The summed E-state index contributed by atoms with van der Waals surface area (Å²) < 4.78 is 0. The third-order valence-corrected chi connectivity index (χ3v) is 1.17. The molecule has 0 spiro atoms. The molecule has 0 aliphatic carbocycles. The van der Waals surface area contributed by atoms with Gasteiger partial charge in [0.2, 0.25) is 0 Å². The van der Waals surface area contributed by atoms with Gasteiger partial charge in [-0.15, -0.1) is 0 Å². The normalized spacial score (nSPS) is 11.0. The van der Waals surface area contributed by atoms with Crippen LogP contribution in [0, 0.1) is 5.92 Å². The zero-order valence-electron chi connectivity index (χ0n) is 6.00. The van der Waals surface area contributed by atoms with Gasteiger partial charge in [-0.2, -0.15) is 0 Å². The van der Waals surface area contributed by atoms with Gasteiger partial charge in [-0.25, -0.2) is 4.79 Å². The fraction of sp³-hybridized carbons (Fsp3) is 0.333. The van der Waals surface area contributed by atoms with E-state index >= 15 is 0 Å². The molecule has 2 N–H and O–H groups in total. The minimum Gasteiger partial charge on any atom is -0.481 e. The van der Waals surface area contributed by atoms with Crippen LogP contribution in [0.5, 0.6) is 0 Å². The molecule has 0 aromatic carbocycles. The van der Waals surface area contributed by atoms with Crippen LogP contribution in [0.3, 0.4) is 0 Å². The van der Waals surface area contributed by atoms with E-state index in [4.69, 9.17) is 10.2 Å². The zero-order valence-corrected chi connectivity index (χ0v) is 7.56. The molecule has 0 heterocycles. The molecule has 11 heavy (non-hydrogen) atoms. The Labute approximate surface area is 78.8 Å². The molecule has 0 amide bonds. The summed E-state index contributed by atoms with van der Waals surface area (Å²) >= 11 is 0. The van der Waals surface area contributed by atoms with Crippen molar-refractivity contribution in [3.63, 3.8) is 0 Å². The fourth-order valence-corrected chi connectivity index (χ4v) is 0.334. The molecule has 0 aliphatic heterocycles. The van der Waals surface area contributed by atoms with E-state index in [0.29, 0.717) is 0 Å². The summed E-state index contributed by atoms with van der Waals surface area (Å²) in [6.45, 7) is 4.37. The quantitative estimate of drug-likeness (QED) is 0.499. The molecule has 5 heteroatoms. The molecule has 0 saturated heterocycles. The Balaban J connectivity index is 0. The first kappa shape index (κ1) is 13.0. The number of carboxylic acids is 2. The van der Waals surface area contributed by atoms with Gasteiger partial charge < -0.3 is 10.2 Å². The zero-order chi connectivity index (χ0) is 8.31. The van der Waals surface area contributed by atoms with Crippen molar-refractivity contribution < 1.29 is 41.5 Å². The number of hydrogen-bond donors (Lipinski definition) is 2. The fourth-order valence-electron chi connectivity index (χ4n) is 0.334. The van der Waals surface area contributed by atoms with E-state index in [-0.39, 0.29) is 27.3 Å². The Morgan fingerprint density at radius 1 is 1.36 bits per heavy atom. The molecule has 60 valence electrons. The molecule has 1 atom stereocenters. The maximum Gasteiger partial charge on any atom is 0.331 e. The summed E-state index contributed by atoms with van der Waals surface area (Å²) in [6, 6.07) is 0. The summed E-state index contributed by atoms with van der Waals surface area (Å²) in [4.78, 5) is 20.2. The molecule has 0 saturated carbocycles. The molecule has 1 unspecified atom stereocenters. The molecule has 0 fully saturated rings. The Hall–Kier alpha value is -0.606. The Bertz CT molecular complexity index is 187. The number of carbonyl (C=O) groups is 2. The van der Waals surface area contributed by atoms with Crippen LogP contribution in [-0.4, -0.2) is 22.2 Å². The Morgan fingerprint density at radius 2 is 1.73 bits per heavy atom. The second-order valence-corrected chi connectivity index (χ2v) is 1.89. The third kappa shape index (κ3) is 3.96. The number of hydrogen-bond acceptors (Lipinski definition) is 2. The van der Waals surface area contributed by atoms with Gasteiger partial charge in [0.25, 0.3) is 0 Å². The number of rotatable bonds is 3. The third-order valence-electron chi connectivity index (χ3n) is 1.17. The van der Waals surface area contributed by atoms with Crippen LogP contribution >= 0.6 is 0 Å². The maximum atomic E-state index is 10.1. The second kappa shape index (κ2) is 5.10. The van der Waals surface area contributed by atoms with Crippen molar-refractivity contribution in [2.24, 2.45) is 5.92 Å². The van der Waals surface area contributed by atoms with E-state index in [1.54, 1.807) is 0 Å². The summed E-state index contributed by atoms with van der Waals surface area (Å²) in [6.07, 6.45) is 0. The molecule has 0 rings (SSSR count). The van der Waals surface area contributed by atoms with Crippen molar-refractivity contribution in [2.45, 2.75) is 6.92 Å². The van der Waals surface area contributed by atoms with Crippen LogP contribution in [0.1, 0.15) is 6.92 Å². The van der Waals surface area contributed by atoms with Crippen molar-refractivity contribution in [1.82, 2.24) is 0 Å². The molecule has 0 aliphatic rings. The van der Waals surface area contributed by atoms with Crippen molar-refractivity contribution in [1.29, 1.82) is 0 Å². The minimum atomic E-state index is -1.27. The minimum absolute atomic E-state index is 0. The van der Waals surface area contributed by atoms with Crippen LogP contribution in [0.4, 0.5) is 0 Å². The molecule has 0 bridgehead atoms. The van der Waals surface area contributed by atoms with Gasteiger partial charge in [0.15, 0.2) is 0 Å². The second-order valence-electron chi connectivity index (χ2n) is 1.89. The van der Waals surface area contributed by atoms with Gasteiger partial charge in [0, 0.05) is 27.3 Å². The van der Waals surface area contributed by atoms with Crippen molar-refractivity contribution in [3.05, 3.63) is 12.2 Å². The summed E-state index contributed by atoms with van der Waals surface area (Å²) in [7, 11) is 0. The number of aliphatic carboxylic acids is 2. The summed E-state index contributed by atoms with van der Waals surface area (Å²) in [5.41, 5.74) is -0.299. The van der Waals surface area contributed by atoms with Gasteiger partial charge >= 0.3 is 11.9 Å². The molecule has 0 radical (unpaired) electrons. The van der Waals surface area contributed by atoms with Gasteiger partial charge in [0.05, 0.1) is 5.92 Å². The summed E-state index contributed by atoms with van der Waals surface area (Å²) in [5.74, 6) is -3.46. The van der Waals surface area contributed by atoms with Crippen LogP contribution in [0.2, 0.25) is 0 Å². The predicted molar refractivity (Wildman–Crippen MR) is 33.6 cm³/mol. The average Bonchev–Trinajstić information content (AvgIpc) is 1.84. The molecule has 4 nitrogen and oxygen atoms in total. The van der Waals surface area contributed by atoms with E-state index in [0.717, 1.165) is 0 Å². The maximum absolute atomic E-state index is 10.1. The van der Waals surface area contributed by atoms with Gasteiger partial charge in [0.1, 0.15) is 0 Å². The van der Waals surface area contributed by atoms with E-state index < -0.39 is 17.9 Å². The van der Waals surface area contributed by atoms with Crippen LogP contribution in [0.25, 0.3) is 0 Å². The van der Waals surface area contributed by atoms with Gasteiger partial charge in [-0.1, -0.05) is 6.58 Å². The first-order valence-corrected chi connectivity index (χ1v) is 2.61. The smallest absolute Gasteiger partial charge is 0.331 e. The van der Waals surface area contributed by atoms with Crippen LogP contribution in [-0.2, 0) is 31.3 Å². The largest absolute Gasteiger partial charge is 0.481 e. The molecular weight excluding hydrogens is 184 g/mol. The SMILES string of the molecule is C=C(C(=O)O)C(C)C(=O)O.[Ti]. The van der Waals surface area contributed by atoms with Gasteiger partial charge in [-0.3, -0.25) is 4.79 Å². The first-order chi connectivity index (χ1) is 4.46. The topological polar surface area (TPSA) is 74.6 Å². The van der Waals surface area contributed by atoms with E-state index in [1.165, 1.54) is 6.92 Å². The Morgan fingerprint density at radius 3 is 1.82 bits per heavy atom. The number of carboxylic acid groups (broad SMARTS) is 2. The van der Waals surface area contributed by atoms with E-state index in [9.17, 15) is 9.59 Å². The van der Waals surface area contributed by atoms with Crippen LogP contribution in [0.15, 0.2) is 12.2 Å². The first-order valence-electron chi connectivity index (χ1n) is 2.61. The predicted octanol–water partition coefficient (Wildman–Crippen LogP) is 0.345. The molecule has 0 aromatic rings. The van der Waals surface area contributed by atoms with E-state index in [2.05, 4.69) is 6.58 Å². The van der Waals surface area contributed by atoms with Crippen LogP contribution < -0.4 is 0 Å². The standard InChI is InChI=1S/C6H8O4.Ti/c1-3(5(7)8)4(2)6(9)10;/h4H,1H2,2H3,(H,7,8)(H,9,10);. The van der Waals surface area contributed by atoms with E-state index in [1.807, 2.05) is 0 Å². The monoisotopic (exact) mass is 192 g/mol. The molecule has 0 aromatic heterocycles. The molecular formula is C6H8O4Ti. The van der Waals surface area contributed by atoms with Gasteiger partial charge in [-0.05, 0) is 6.92 Å². The summed E-state index contributed by atoms with van der Waals surface area (Å²) in [5, 5.41) is 16.5. The van der Waals surface area contributed by atoms with Crippen molar-refractivity contribution in [2.75, 3.05) is 0 Å². The van der Waals surface area contributed by atoms with Crippen molar-refractivity contribution >= 4 is 11.9 Å². The van der Waals surface area contributed by atoms with Crippen molar-refractivity contribution in [3.8, 4) is 0 Å². The Kier molecular flexibility index (Phi) is 6.03. The average molecular weight is 192 g/mol.